The lowest BCUT2D eigenvalue weighted by molar-refractivity contribution is 0.208. The molecule has 0 aliphatic rings. The van der Waals surface area contributed by atoms with Crippen LogP contribution in [0.4, 0.5) is 4.79 Å². The minimum absolute atomic E-state index is 0.0155. The summed E-state index contributed by atoms with van der Waals surface area (Å²) in [6, 6.07) is 2.21. The Morgan fingerprint density at radius 2 is 2.19 bits per heavy atom. The van der Waals surface area contributed by atoms with Crippen molar-refractivity contribution < 1.29 is 4.79 Å². The van der Waals surface area contributed by atoms with Crippen LogP contribution in [0.25, 0.3) is 0 Å². The Kier molecular flexibility index (Phi) is 4.35. The average Bonchev–Trinajstić information content (AvgIpc) is 2.56. The van der Waals surface area contributed by atoms with Crippen molar-refractivity contribution >= 4 is 17.4 Å². The number of carbonyl (C=O) groups is 1. The van der Waals surface area contributed by atoms with E-state index in [-0.39, 0.29) is 12.1 Å². The first kappa shape index (κ1) is 13.0. The minimum Gasteiger partial charge on any atom is -0.331 e. The second-order valence-corrected chi connectivity index (χ2v) is 5.51. The van der Waals surface area contributed by atoms with E-state index < -0.39 is 0 Å². The second kappa shape index (κ2) is 5.34. The summed E-state index contributed by atoms with van der Waals surface area (Å²) >= 11 is 1.77. The van der Waals surface area contributed by atoms with Crippen molar-refractivity contribution in [3.63, 3.8) is 0 Å². The molecule has 0 aromatic carbocycles. The maximum Gasteiger partial charge on any atom is 0.317 e. The van der Waals surface area contributed by atoms with Gasteiger partial charge in [-0.2, -0.15) is 0 Å². The molecule has 2 amide bonds. The molecule has 16 heavy (non-hydrogen) atoms. The molecule has 4 heteroatoms. The number of hydrogen-bond donors (Lipinski definition) is 1. The van der Waals surface area contributed by atoms with Gasteiger partial charge in [0.15, 0.2) is 0 Å². The SMILES string of the molecule is CCN(C)C(=O)NC(C)c1cc(C)sc1C. The van der Waals surface area contributed by atoms with Crippen LogP contribution in [-0.2, 0) is 0 Å². The van der Waals surface area contributed by atoms with Gasteiger partial charge < -0.3 is 10.2 Å². The first-order valence-corrected chi connectivity index (χ1v) is 6.36. The number of thiophene rings is 1. The maximum absolute atomic E-state index is 11.7. The number of amides is 2. The molecule has 1 unspecified atom stereocenters. The number of nitrogens with one attached hydrogen (secondary N) is 1. The predicted molar refractivity (Wildman–Crippen MR) is 69.0 cm³/mol. The molecule has 1 aromatic rings. The van der Waals surface area contributed by atoms with Crippen molar-refractivity contribution in [2.75, 3.05) is 13.6 Å². The van der Waals surface area contributed by atoms with Gasteiger partial charge in [0.2, 0.25) is 0 Å². The van der Waals surface area contributed by atoms with Crippen LogP contribution >= 0.6 is 11.3 Å². The van der Waals surface area contributed by atoms with E-state index in [1.807, 2.05) is 13.8 Å². The average molecular weight is 240 g/mol. The van der Waals surface area contributed by atoms with Crippen LogP contribution in [-0.4, -0.2) is 24.5 Å². The standard InChI is InChI=1S/C12H20N2OS/c1-6-14(5)12(15)13-9(3)11-7-8(2)16-10(11)4/h7,9H,6H2,1-5H3,(H,13,15). The van der Waals surface area contributed by atoms with Gasteiger partial charge in [0.1, 0.15) is 0 Å². The van der Waals surface area contributed by atoms with Crippen molar-refractivity contribution in [2.45, 2.75) is 33.7 Å². The van der Waals surface area contributed by atoms with Crippen LogP contribution < -0.4 is 5.32 Å². The zero-order chi connectivity index (χ0) is 12.3. The van der Waals surface area contributed by atoms with Gasteiger partial charge in [-0.1, -0.05) is 0 Å². The Hall–Kier alpha value is -1.03. The Balaban J connectivity index is 2.69. The van der Waals surface area contributed by atoms with Crippen LogP contribution in [0.5, 0.6) is 0 Å². The highest BCUT2D eigenvalue weighted by atomic mass is 32.1. The lowest BCUT2D eigenvalue weighted by Crippen LogP contribution is -2.38. The molecule has 1 aromatic heterocycles. The van der Waals surface area contributed by atoms with E-state index in [4.69, 9.17) is 0 Å². The zero-order valence-electron chi connectivity index (χ0n) is 10.6. The Labute approximate surface area is 101 Å². The molecule has 0 radical (unpaired) electrons. The summed E-state index contributed by atoms with van der Waals surface area (Å²) in [5.41, 5.74) is 1.22. The Bertz CT molecular complexity index is 373. The highest BCUT2D eigenvalue weighted by Crippen LogP contribution is 2.26. The fraction of sp³-hybridized carbons (Fsp3) is 0.583. The normalized spacial score (nSPS) is 12.3. The molecule has 1 N–H and O–H groups in total. The molecule has 3 nitrogen and oxygen atoms in total. The summed E-state index contributed by atoms with van der Waals surface area (Å²) in [4.78, 5) is 15.9. The van der Waals surface area contributed by atoms with E-state index in [0.717, 1.165) is 6.54 Å². The zero-order valence-corrected chi connectivity index (χ0v) is 11.4. The van der Waals surface area contributed by atoms with Gasteiger partial charge in [-0.05, 0) is 39.3 Å². The highest BCUT2D eigenvalue weighted by molar-refractivity contribution is 7.12. The third-order valence-corrected chi connectivity index (χ3v) is 3.69. The lowest BCUT2D eigenvalue weighted by atomic mass is 10.1. The fourth-order valence-electron chi connectivity index (χ4n) is 1.60. The fourth-order valence-corrected chi connectivity index (χ4v) is 2.62. The maximum atomic E-state index is 11.7. The molecule has 90 valence electrons. The molecule has 0 fully saturated rings. The molecule has 0 saturated heterocycles. The summed E-state index contributed by atoms with van der Waals surface area (Å²) in [6.45, 7) is 8.90. The van der Waals surface area contributed by atoms with Gasteiger partial charge in [0.25, 0.3) is 0 Å². The van der Waals surface area contributed by atoms with E-state index in [1.54, 1.807) is 23.3 Å². The van der Waals surface area contributed by atoms with Crippen LogP contribution in [0, 0.1) is 13.8 Å². The largest absolute Gasteiger partial charge is 0.331 e. The predicted octanol–water partition coefficient (Wildman–Crippen LogP) is 3.09. The summed E-state index contributed by atoms with van der Waals surface area (Å²) in [5.74, 6) is 0. The van der Waals surface area contributed by atoms with Crippen molar-refractivity contribution in [3.05, 3.63) is 21.4 Å². The van der Waals surface area contributed by atoms with Crippen LogP contribution in [0.2, 0.25) is 0 Å². The van der Waals surface area contributed by atoms with Gasteiger partial charge in [-0.3, -0.25) is 0 Å². The molecule has 1 heterocycles. The summed E-state index contributed by atoms with van der Waals surface area (Å²) in [6.07, 6.45) is 0. The first-order chi connectivity index (χ1) is 7.45. The van der Waals surface area contributed by atoms with Crippen molar-refractivity contribution in [1.82, 2.24) is 10.2 Å². The van der Waals surface area contributed by atoms with Gasteiger partial charge in [-0.25, -0.2) is 4.79 Å². The second-order valence-electron chi connectivity index (χ2n) is 4.05. The van der Waals surface area contributed by atoms with Crippen molar-refractivity contribution in [1.29, 1.82) is 0 Å². The number of rotatable bonds is 3. The third-order valence-electron chi connectivity index (χ3n) is 2.71. The number of carbonyl (C=O) groups excluding carboxylic acids is 1. The van der Waals surface area contributed by atoms with E-state index >= 15 is 0 Å². The van der Waals surface area contributed by atoms with Crippen LogP contribution in [0.15, 0.2) is 6.07 Å². The minimum atomic E-state index is -0.0155. The van der Waals surface area contributed by atoms with E-state index in [0.29, 0.717) is 0 Å². The lowest BCUT2D eigenvalue weighted by Gasteiger charge is -2.20. The van der Waals surface area contributed by atoms with Crippen molar-refractivity contribution in [3.8, 4) is 0 Å². The number of nitrogens with zero attached hydrogens (tertiary/aromatic N) is 1. The quantitative estimate of drug-likeness (QED) is 0.865. The monoisotopic (exact) mass is 240 g/mol. The molecule has 0 spiro atoms. The molecule has 1 atom stereocenters. The first-order valence-electron chi connectivity index (χ1n) is 5.54. The van der Waals surface area contributed by atoms with Crippen molar-refractivity contribution in [2.24, 2.45) is 0 Å². The van der Waals surface area contributed by atoms with E-state index in [1.165, 1.54) is 15.3 Å². The highest BCUT2D eigenvalue weighted by Gasteiger charge is 2.15. The molecular weight excluding hydrogens is 220 g/mol. The van der Waals surface area contributed by atoms with E-state index in [2.05, 4.69) is 25.2 Å². The number of hydrogen-bond acceptors (Lipinski definition) is 2. The smallest absolute Gasteiger partial charge is 0.317 e. The van der Waals surface area contributed by atoms with Gasteiger partial charge in [-0.15, -0.1) is 11.3 Å². The third kappa shape index (κ3) is 2.98. The molecule has 0 saturated carbocycles. The summed E-state index contributed by atoms with van der Waals surface area (Å²) < 4.78 is 0. The van der Waals surface area contributed by atoms with E-state index in [9.17, 15) is 4.79 Å². The summed E-state index contributed by atoms with van der Waals surface area (Å²) in [7, 11) is 1.80. The summed E-state index contributed by atoms with van der Waals surface area (Å²) in [5, 5.41) is 2.99. The number of urea groups is 1. The molecular formula is C12H20N2OS. The molecule has 0 bridgehead atoms. The molecule has 0 aliphatic heterocycles. The van der Waals surface area contributed by atoms with Crippen LogP contribution in [0.1, 0.15) is 35.2 Å². The Morgan fingerprint density at radius 1 is 1.56 bits per heavy atom. The topological polar surface area (TPSA) is 32.3 Å². The molecule has 0 aliphatic carbocycles. The Morgan fingerprint density at radius 3 is 2.62 bits per heavy atom. The molecule has 1 rings (SSSR count). The number of aryl methyl sites for hydroxylation is 2. The van der Waals surface area contributed by atoms with Crippen LogP contribution in [0.3, 0.4) is 0 Å². The van der Waals surface area contributed by atoms with Gasteiger partial charge in [0, 0.05) is 23.3 Å². The van der Waals surface area contributed by atoms with Gasteiger partial charge >= 0.3 is 6.03 Å². The van der Waals surface area contributed by atoms with Gasteiger partial charge in [0.05, 0.1) is 6.04 Å².